The van der Waals surface area contributed by atoms with Crippen LogP contribution in [0.4, 0.5) is 0 Å². The Hall–Kier alpha value is -2.40. The van der Waals surface area contributed by atoms with Crippen LogP contribution in [0.1, 0.15) is 51.2 Å². The summed E-state index contributed by atoms with van der Waals surface area (Å²) in [5, 5.41) is 0.633. The Morgan fingerprint density at radius 1 is 1.25 bits per heavy atom. The normalized spacial score (nSPS) is 16.6. The van der Waals surface area contributed by atoms with Gasteiger partial charge in [0.2, 0.25) is 0 Å². The first-order valence-electron chi connectivity index (χ1n) is 7.71. The van der Waals surface area contributed by atoms with Crippen LogP contribution >= 0.6 is 11.6 Å². The minimum absolute atomic E-state index is 0.0219. The van der Waals surface area contributed by atoms with E-state index in [1.165, 1.54) is 6.07 Å². The molecule has 1 aromatic heterocycles. The van der Waals surface area contributed by atoms with Crippen LogP contribution < -0.4 is 5.56 Å². The van der Waals surface area contributed by atoms with Gasteiger partial charge in [0.1, 0.15) is 5.56 Å². The lowest BCUT2D eigenvalue weighted by molar-refractivity contribution is 0.0524. The topological polar surface area (TPSA) is 76.2 Å². The number of pyridine rings is 1. The molecule has 1 heterocycles. The number of carbonyl (C=O) groups is 2. The first kappa shape index (κ1) is 16.5. The molecule has 0 bridgehead atoms. The van der Waals surface area contributed by atoms with Crippen LogP contribution in [-0.2, 0) is 11.2 Å². The predicted molar refractivity (Wildman–Crippen MR) is 89.9 cm³/mol. The minimum Gasteiger partial charge on any atom is -0.462 e. The molecule has 124 valence electrons. The van der Waals surface area contributed by atoms with Crippen molar-refractivity contribution < 1.29 is 14.3 Å². The number of Topliss-reactive ketones (excluding diaryl/α,β-unsaturated/α-hetero) is 1. The zero-order chi connectivity index (χ0) is 17.3. The van der Waals surface area contributed by atoms with E-state index in [9.17, 15) is 14.4 Å². The first-order valence-corrected chi connectivity index (χ1v) is 8.09. The van der Waals surface area contributed by atoms with Crippen molar-refractivity contribution >= 4 is 23.4 Å². The second kappa shape index (κ2) is 6.61. The van der Waals surface area contributed by atoms with Gasteiger partial charge in [-0.2, -0.15) is 0 Å². The van der Waals surface area contributed by atoms with Crippen molar-refractivity contribution in [3.05, 3.63) is 68.1 Å². The number of fused-ring (bicyclic) bond motifs is 1. The number of carbonyl (C=O) groups excluding carboxylic acids is 2. The summed E-state index contributed by atoms with van der Waals surface area (Å²) in [6.07, 6.45) is 0.851. The molecule has 0 saturated heterocycles. The van der Waals surface area contributed by atoms with Gasteiger partial charge in [0.05, 0.1) is 6.61 Å². The Morgan fingerprint density at radius 2 is 1.96 bits per heavy atom. The van der Waals surface area contributed by atoms with Crippen molar-refractivity contribution in [2.75, 3.05) is 6.61 Å². The Kier molecular flexibility index (Phi) is 4.53. The number of hydrogen-bond acceptors (Lipinski definition) is 4. The second-order valence-electron chi connectivity index (χ2n) is 5.70. The van der Waals surface area contributed by atoms with Crippen LogP contribution in [0, 0.1) is 0 Å². The maximum Gasteiger partial charge on any atom is 0.343 e. The van der Waals surface area contributed by atoms with Crippen LogP contribution in [-0.4, -0.2) is 23.3 Å². The molecule has 1 aliphatic rings. The largest absolute Gasteiger partial charge is 0.462 e. The predicted octanol–water partition coefficient (Wildman–Crippen LogP) is 3.12. The molecule has 1 N–H and O–H groups in total. The SMILES string of the molecule is CCOC(=O)c1cc2c([nH]c1=O)CC(c1ccc(Cl)cc1)CC2=O. The number of ketones is 1. The number of nitrogens with one attached hydrogen (secondary N) is 1. The highest BCUT2D eigenvalue weighted by Gasteiger charge is 2.29. The lowest BCUT2D eigenvalue weighted by Gasteiger charge is -2.24. The fourth-order valence-electron chi connectivity index (χ4n) is 2.96. The second-order valence-corrected chi connectivity index (χ2v) is 6.14. The van der Waals surface area contributed by atoms with Gasteiger partial charge in [-0.3, -0.25) is 9.59 Å². The molecular weight excluding hydrogens is 330 g/mol. The van der Waals surface area contributed by atoms with Crippen molar-refractivity contribution in [2.24, 2.45) is 0 Å². The number of halogens is 1. The number of aromatic nitrogens is 1. The Labute approximate surface area is 143 Å². The van der Waals surface area contributed by atoms with Gasteiger partial charge in [-0.25, -0.2) is 4.79 Å². The van der Waals surface area contributed by atoms with Gasteiger partial charge in [0.25, 0.3) is 5.56 Å². The van der Waals surface area contributed by atoms with Gasteiger partial charge in [-0.1, -0.05) is 23.7 Å². The monoisotopic (exact) mass is 345 g/mol. The van der Waals surface area contributed by atoms with Crippen molar-refractivity contribution in [1.82, 2.24) is 4.98 Å². The molecule has 5 nitrogen and oxygen atoms in total. The molecule has 24 heavy (non-hydrogen) atoms. The lowest BCUT2D eigenvalue weighted by Crippen LogP contribution is -2.28. The summed E-state index contributed by atoms with van der Waals surface area (Å²) in [6.45, 7) is 1.83. The Balaban J connectivity index is 1.95. The summed E-state index contributed by atoms with van der Waals surface area (Å²) in [4.78, 5) is 39.1. The van der Waals surface area contributed by atoms with Crippen molar-refractivity contribution in [1.29, 1.82) is 0 Å². The maximum atomic E-state index is 12.5. The molecule has 3 rings (SSSR count). The van der Waals surface area contributed by atoms with E-state index in [1.807, 2.05) is 12.1 Å². The van der Waals surface area contributed by atoms with E-state index in [0.29, 0.717) is 29.1 Å². The standard InChI is InChI=1S/C18H16ClNO4/c1-2-24-18(23)14-9-13-15(20-17(14)22)7-11(8-16(13)21)10-3-5-12(19)6-4-10/h3-6,9,11H,2,7-8H2,1H3,(H,20,22). The number of ether oxygens (including phenoxy) is 1. The summed E-state index contributed by atoms with van der Waals surface area (Å²) < 4.78 is 4.85. The van der Waals surface area contributed by atoms with Crippen molar-refractivity contribution in [2.45, 2.75) is 25.7 Å². The van der Waals surface area contributed by atoms with Gasteiger partial charge >= 0.3 is 5.97 Å². The molecule has 0 fully saturated rings. The molecule has 2 aromatic rings. The van der Waals surface area contributed by atoms with Gasteiger partial charge in [0.15, 0.2) is 5.78 Å². The third-order valence-corrected chi connectivity index (χ3v) is 4.39. The third kappa shape index (κ3) is 3.12. The molecule has 0 aliphatic heterocycles. The maximum absolute atomic E-state index is 12.5. The van der Waals surface area contributed by atoms with Crippen LogP contribution in [0.2, 0.25) is 5.02 Å². The summed E-state index contributed by atoms with van der Waals surface area (Å²) in [5.41, 5.74) is 1.28. The van der Waals surface area contributed by atoms with Gasteiger partial charge in [-0.15, -0.1) is 0 Å². The average molecular weight is 346 g/mol. The van der Waals surface area contributed by atoms with Crippen LogP contribution in [0.15, 0.2) is 35.1 Å². The van der Waals surface area contributed by atoms with E-state index in [1.54, 1.807) is 19.1 Å². The molecular formula is C18H16ClNO4. The van der Waals surface area contributed by atoms with Gasteiger partial charge < -0.3 is 9.72 Å². The van der Waals surface area contributed by atoms with Gasteiger partial charge in [0, 0.05) is 22.7 Å². The average Bonchev–Trinajstić information content (AvgIpc) is 2.55. The molecule has 0 spiro atoms. The van der Waals surface area contributed by atoms with Crippen LogP contribution in [0.3, 0.4) is 0 Å². The highest BCUT2D eigenvalue weighted by molar-refractivity contribution is 6.30. The number of H-pyrrole nitrogens is 1. The minimum atomic E-state index is -0.714. The van der Waals surface area contributed by atoms with Crippen LogP contribution in [0.5, 0.6) is 0 Å². The van der Waals surface area contributed by atoms with E-state index in [2.05, 4.69) is 4.98 Å². The first-order chi connectivity index (χ1) is 11.5. The summed E-state index contributed by atoms with van der Waals surface area (Å²) in [5.74, 6) is -0.835. The molecule has 1 atom stereocenters. The smallest absolute Gasteiger partial charge is 0.343 e. The molecule has 0 amide bonds. The quantitative estimate of drug-likeness (QED) is 0.867. The summed E-state index contributed by atoms with van der Waals surface area (Å²) in [6, 6.07) is 8.69. The number of benzene rings is 1. The Morgan fingerprint density at radius 3 is 2.62 bits per heavy atom. The van der Waals surface area contributed by atoms with Gasteiger partial charge in [-0.05, 0) is 43.0 Å². The number of esters is 1. The van der Waals surface area contributed by atoms with E-state index >= 15 is 0 Å². The Bertz CT molecular complexity index is 854. The van der Waals surface area contributed by atoms with Crippen molar-refractivity contribution in [3.63, 3.8) is 0 Å². The number of aromatic amines is 1. The molecule has 1 unspecified atom stereocenters. The van der Waals surface area contributed by atoms with E-state index in [0.717, 1.165) is 5.56 Å². The molecule has 0 radical (unpaired) electrons. The molecule has 6 heteroatoms. The van der Waals surface area contributed by atoms with E-state index < -0.39 is 11.5 Å². The van der Waals surface area contributed by atoms with E-state index in [-0.39, 0.29) is 23.9 Å². The number of hydrogen-bond donors (Lipinski definition) is 1. The lowest BCUT2D eigenvalue weighted by atomic mass is 9.81. The van der Waals surface area contributed by atoms with Crippen molar-refractivity contribution in [3.8, 4) is 0 Å². The van der Waals surface area contributed by atoms with Crippen LogP contribution in [0.25, 0.3) is 0 Å². The summed E-state index contributed by atoms with van der Waals surface area (Å²) >= 11 is 5.90. The molecule has 0 saturated carbocycles. The fourth-order valence-corrected chi connectivity index (χ4v) is 3.09. The molecule has 1 aromatic carbocycles. The third-order valence-electron chi connectivity index (χ3n) is 4.14. The van der Waals surface area contributed by atoms with E-state index in [4.69, 9.17) is 16.3 Å². The summed E-state index contributed by atoms with van der Waals surface area (Å²) in [7, 11) is 0. The molecule has 1 aliphatic carbocycles. The highest BCUT2D eigenvalue weighted by Crippen LogP contribution is 2.32. The highest BCUT2D eigenvalue weighted by atomic mass is 35.5. The number of rotatable bonds is 3. The fraction of sp³-hybridized carbons (Fsp3) is 0.278. The zero-order valence-electron chi connectivity index (χ0n) is 13.1. The zero-order valence-corrected chi connectivity index (χ0v) is 13.9.